The Labute approximate surface area is 87.6 Å². The number of allylic oxidation sites excluding steroid dienone is 2. The van der Waals surface area contributed by atoms with E-state index in [-0.39, 0.29) is 0 Å². The minimum absolute atomic E-state index is 0.296. The summed E-state index contributed by atoms with van der Waals surface area (Å²) in [5, 5.41) is 0. The number of ketones is 1. The molecule has 0 radical (unpaired) electrons. The molecule has 0 heterocycles. The zero-order valence-electron chi connectivity index (χ0n) is 9.62. The van der Waals surface area contributed by atoms with Crippen LogP contribution in [0.2, 0.25) is 0 Å². The molecule has 0 fully saturated rings. The first kappa shape index (κ1) is 11.5. The fourth-order valence-corrected chi connectivity index (χ4v) is 2.69. The van der Waals surface area contributed by atoms with Crippen LogP contribution in [0.4, 0.5) is 0 Å². The van der Waals surface area contributed by atoms with Crippen molar-refractivity contribution in [2.75, 3.05) is 0 Å². The van der Waals surface area contributed by atoms with Crippen molar-refractivity contribution in [1.82, 2.24) is 0 Å². The van der Waals surface area contributed by atoms with Gasteiger partial charge in [0.05, 0.1) is 0 Å². The first-order chi connectivity index (χ1) is 6.74. The third-order valence-corrected chi connectivity index (χ3v) is 3.47. The van der Waals surface area contributed by atoms with Crippen molar-refractivity contribution in [3.63, 3.8) is 0 Å². The number of carbonyl (C=O) groups is 1. The predicted molar refractivity (Wildman–Crippen MR) is 60.1 cm³/mol. The quantitative estimate of drug-likeness (QED) is 0.668. The van der Waals surface area contributed by atoms with Gasteiger partial charge in [-0.3, -0.25) is 4.79 Å². The highest BCUT2D eigenvalue weighted by molar-refractivity contribution is 5.92. The Morgan fingerprint density at radius 1 is 1.21 bits per heavy atom. The largest absolute Gasteiger partial charge is 0.295 e. The molecule has 1 heteroatoms. The monoisotopic (exact) mass is 194 g/mol. The summed E-state index contributed by atoms with van der Waals surface area (Å²) in [5.74, 6) is 1.89. The molecule has 0 saturated carbocycles. The zero-order chi connectivity index (χ0) is 10.6. The van der Waals surface area contributed by atoms with E-state index < -0.39 is 0 Å². The van der Waals surface area contributed by atoms with E-state index in [0.717, 1.165) is 6.42 Å². The maximum Gasteiger partial charge on any atom is 0.158 e. The lowest BCUT2D eigenvalue weighted by molar-refractivity contribution is -0.121. The van der Waals surface area contributed by atoms with Crippen LogP contribution in [0, 0.1) is 17.8 Å². The second-order valence-corrected chi connectivity index (χ2v) is 4.30. The molecular weight excluding hydrogens is 172 g/mol. The third kappa shape index (κ3) is 2.26. The molecule has 0 aromatic carbocycles. The van der Waals surface area contributed by atoms with Crippen LogP contribution in [0.15, 0.2) is 12.2 Å². The minimum Gasteiger partial charge on any atom is -0.295 e. The van der Waals surface area contributed by atoms with Gasteiger partial charge in [0.2, 0.25) is 0 Å². The number of carbonyl (C=O) groups excluding carboxylic acids is 1. The number of hydrogen-bond acceptors (Lipinski definition) is 1. The summed E-state index contributed by atoms with van der Waals surface area (Å²) in [5.41, 5.74) is 0. The summed E-state index contributed by atoms with van der Waals surface area (Å²) in [6, 6.07) is 0. The molecule has 3 unspecified atom stereocenters. The average Bonchev–Trinajstić information content (AvgIpc) is 2.19. The van der Waals surface area contributed by atoms with Crippen LogP contribution in [0.1, 0.15) is 46.5 Å². The molecule has 1 aliphatic rings. The molecule has 1 aliphatic carbocycles. The Bertz CT molecular complexity index is 217. The standard InChI is InChI=1S/C13H22O/c1-4-7-12-10(5-2)8-9-13(14)11(12)6-3/h8-12H,4-7H2,1-3H3. The molecule has 0 N–H and O–H groups in total. The van der Waals surface area contributed by atoms with Crippen molar-refractivity contribution < 1.29 is 4.79 Å². The Kier molecular flexibility index (Phi) is 4.37. The van der Waals surface area contributed by atoms with Crippen molar-refractivity contribution in [2.24, 2.45) is 17.8 Å². The molecule has 0 spiro atoms. The van der Waals surface area contributed by atoms with E-state index in [0.29, 0.717) is 23.5 Å². The van der Waals surface area contributed by atoms with E-state index in [1.807, 2.05) is 6.08 Å². The summed E-state index contributed by atoms with van der Waals surface area (Å²) in [6.07, 6.45) is 8.52. The second-order valence-electron chi connectivity index (χ2n) is 4.30. The minimum atomic E-state index is 0.296. The Hall–Kier alpha value is -0.590. The lowest BCUT2D eigenvalue weighted by Gasteiger charge is -2.32. The van der Waals surface area contributed by atoms with Crippen LogP contribution in [-0.4, -0.2) is 5.78 Å². The van der Waals surface area contributed by atoms with Crippen molar-refractivity contribution in [3.05, 3.63) is 12.2 Å². The molecule has 80 valence electrons. The van der Waals surface area contributed by atoms with E-state index in [1.165, 1.54) is 19.3 Å². The second kappa shape index (κ2) is 5.33. The maximum atomic E-state index is 11.7. The first-order valence-corrected chi connectivity index (χ1v) is 5.96. The third-order valence-electron chi connectivity index (χ3n) is 3.47. The van der Waals surface area contributed by atoms with Gasteiger partial charge in [0.25, 0.3) is 0 Å². The fourth-order valence-electron chi connectivity index (χ4n) is 2.69. The number of rotatable bonds is 4. The lowest BCUT2D eigenvalue weighted by atomic mass is 9.71. The van der Waals surface area contributed by atoms with Gasteiger partial charge in [-0.2, -0.15) is 0 Å². The van der Waals surface area contributed by atoms with E-state index in [9.17, 15) is 4.79 Å². The summed E-state index contributed by atoms with van der Waals surface area (Å²) >= 11 is 0. The van der Waals surface area contributed by atoms with Crippen LogP contribution in [0.25, 0.3) is 0 Å². The average molecular weight is 194 g/mol. The van der Waals surface area contributed by atoms with Crippen LogP contribution >= 0.6 is 0 Å². The lowest BCUT2D eigenvalue weighted by Crippen LogP contribution is -2.31. The Balaban J connectivity index is 2.80. The smallest absolute Gasteiger partial charge is 0.158 e. The fraction of sp³-hybridized carbons (Fsp3) is 0.769. The van der Waals surface area contributed by atoms with Crippen LogP contribution in [-0.2, 0) is 4.79 Å². The molecule has 0 aromatic rings. The Morgan fingerprint density at radius 3 is 2.43 bits per heavy atom. The SMILES string of the molecule is CCCC1C(CC)C=CC(=O)C1CC. The molecule has 0 saturated heterocycles. The van der Waals surface area contributed by atoms with Gasteiger partial charge in [0.1, 0.15) is 0 Å². The highest BCUT2D eigenvalue weighted by Gasteiger charge is 2.32. The summed E-state index contributed by atoms with van der Waals surface area (Å²) in [6.45, 7) is 6.57. The predicted octanol–water partition coefficient (Wildman–Crippen LogP) is 3.59. The molecule has 0 aromatic heterocycles. The van der Waals surface area contributed by atoms with Crippen LogP contribution in [0.5, 0.6) is 0 Å². The van der Waals surface area contributed by atoms with Gasteiger partial charge in [-0.15, -0.1) is 0 Å². The molecule has 14 heavy (non-hydrogen) atoms. The summed E-state index contributed by atoms with van der Waals surface area (Å²) in [7, 11) is 0. The topological polar surface area (TPSA) is 17.1 Å². The van der Waals surface area contributed by atoms with E-state index in [2.05, 4.69) is 26.8 Å². The first-order valence-electron chi connectivity index (χ1n) is 5.96. The van der Waals surface area contributed by atoms with Gasteiger partial charge < -0.3 is 0 Å². The van der Waals surface area contributed by atoms with Gasteiger partial charge in [0.15, 0.2) is 5.78 Å². The molecule has 0 bridgehead atoms. The summed E-state index contributed by atoms with van der Waals surface area (Å²) < 4.78 is 0. The van der Waals surface area contributed by atoms with E-state index >= 15 is 0 Å². The van der Waals surface area contributed by atoms with Gasteiger partial charge in [-0.25, -0.2) is 0 Å². The van der Waals surface area contributed by atoms with Crippen molar-refractivity contribution in [1.29, 1.82) is 0 Å². The maximum absolute atomic E-state index is 11.7. The van der Waals surface area contributed by atoms with Crippen molar-refractivity contribution >= 4 is 5.78 Å². The highest BCUT2D eigenvalue weighted by Crippen LogP contribution is 2.35. The molecule has 0 aliphatic heterocycles. The molecular formula is C13H22O. The van der Waals surface area contributed by atoms with Crippen molar-refractivity contribution in [3.8, 4) is 0 Å². The molecule has 1 rings (SSSR count). The summed E-state index contributed by atoms with van der Waals surface area (Å²) in [4.78, 5) is 11.7. The van der Waals surface area contributed by atoms with Crippen molar-refractivity contribution in [2.45, 2.75) is 46.5 Å². The van der Waals surface area contributed by atoms with E-state index in [1.54, 1.807) is 0 Å². The molecule has 3 atom stereocenters. The van der Waals surface area contributed by atoms with Gasteiger partial charge in [-0.05, 0) is 37.2 Å². The van der Waals surface area contributed by atoms with E-state index in [4.69, 9.17) is 0 Å². The van der Waals surface area contributed by atoms with Gasteiger partial charge in [0, 0.05) is 5.92 Å². The molecule has 1 nitrogen and oxygen atoms in total. The normalized spacial score (nSPS) is 32.2. The zero-order valence-corrected chi connectivity index (χ0v) is 9.62. The van der Waals surface area contributed by atoms with Gasteiger partial charge >= 0.3 is 0 Å². The van der Waals surface area contributed by atoms with Crippen LogP contribution < -0.4 is 0 Å². The Morgan fingerprint density at radius 2 is 1.93 bits per heavy atom. The van der Waals surface area contributed by atoms with Gasteiger partial charge in [-0.1, -0.05) is 33.3 Å². The molecule has 0 amide bonds. The highest BCUT2D eigenvalue weighted by atomic mass is 16.1. The van der Waals surface area contributed by atoms with Crippen LogP contribution in [0.3, 0.4) is 0 Å². The number of hydrogen-bond donors (Lipinski definition) is 0.